The Morgan fingerprint density at radius 3 is 2.56 bits per heavy atom. The van der Waals surface area contributed by atoms with Gasteiger partial charge in [0, 0.05) is 11.2 Å². The summed E-state index contributed by atoms with van der Waals surface area (Å²) in [5.74, 6) is 0.135. The molecule has 1 aromatic rings. The van der Waals surface area contributed by atoms with Crippen LogP contribution in [0.15, 0.2) is 24.3 Å². The summed E-state index contributed by atoms with van der Waals surface area (Å²) in [4.78, 5) is 23.5. The topological polar surface area (TPSA) is 90.6 Å². The van der Waals surface area contributed by atoms with Gasteiger partial charge >= 0.3 is 5.97 Å². The van der Waals surface area contributed by atoms with Crippen molar-refractivity contribution >= 4 is 30.0 Å². The number of benzene rings is 1. The number of hydrogen-bond donors (Lipinski definition) is 2. The van der Waals surface area contributed by atoms with E-state index in [1.54, 1.807) is 24.3 Å². The summed E-state index contributed by atoms with van der Waals surface area (Å²) in [7, 11) is 1.35. The second-order valence-corrected chi connectivity index (χ2v) is 6.49. The molecule has 140 valence electrons. The van der Waals surface area contributed by atoms with Crippen molar-refractivity contribution < 1.29 is 19.1 Å². The van der Waals surface area contributed by atoms with Crippen LogP contribution in [0.2, 0.25) is 0 Å². The van der Waals surface area contributed by atoms with E-state index < -0.39 is 5.54 Å². The highest BCUT2D eigenvalue weighted by Crippen LogP contribution is 2.32. The van der Waals surface area contributed by atoms with Gasteiger partial charge in [-0.2, -0.15) is 0 Å². The minimum atomic E-state index is -0.445. The van der Waals surface area contributed by atoms with Gasteiger partial charge in [-0.05, 0) is 44.0 Å². The third-order valence-electron chi connectivity index (χ3n) is 4.50. The molecule has 6 nitrogen and oxygen atoms in total. The average Bonchev–Trinajstić information content (AvgIpc) is 2.55. The summed E-state index contributed by atoms with van der Waals surface area (Å²) in [5, 5.41) is 2.93. The number of halogens is 1. The van der Waals surface area contributed by atoms with Crippen molar-refractivity contribution in [1.29, 1.82) is 0 Å². The highest BCUT2D eigenvalue weighted by molar-refractivity contribution is 5.93. The average molecular weight is 371 g/mol. The predicted octanol–water partition coefficient (Wildman–Crippen LogP) is 2.90. The van der Waals surface area contributed by atoms with Gasteiger partial charge in [-0.1, -0.05) is 12.8 Å². The maximum absolute atomic E-state index is 12.5. The highest BCUT2D eigenvalue weighted by atomic mass is 35.5. The summed E-state index contributed by atoms with van der Waals surface area (Å²) < 4.78 is 10.0. The minimum absolute atomic E-state index is 0. The molecule has 0 radical (unpaired) electrons. The number of amides is 1. The van der Waals surface area contributed by atoms with Gasteiger partial charge in [0.15, 0.2) is 0 Å². The van der Waals surface area contributed by atoms with E-state index in [1.807, 2.05) is 6.92 Å². The lowest BCUT2D eigenvalue weighted by molar-refractivity contribution is -0.141. The zero-order chi connectivity index (χ0) is 17.6. The zero-order valence-electron chi connectivity index (χ0n) is 14.7. The summed E-state index contributed by atoms with van der Waals surface area (Å²) in [5.41, 5.74) is 6.54. The Bertz CT molecular complexity index is 575. The number of anilines is 1. The van der Waals surface area contributed by atoms with E-state index in [1.165, 1.54) is 7.11 Å². The highest BCUT2D eigenvalue weighted by Gasteiger charge is 2.37. The van der Waals surface area contributed by atoms with E-state index in [0.717, 1.165) is 25.7 Å². The first-order valence-electron chi connectivity index (χ1n) is 8.32. The number of hydrogen-bond acceptors (Lipinski definition) is 5. The summed E-state index contributed by atoms with van der Waals surface area (Å²) >= 11 is 0. The first-order valence-corrected chi connectivity index (χ1v) is 8.32. The standard InChI is InChI=1S/C18H26N2O4.ClH/c1-18(19)11-4-3-5-15(18)17(22)20-13-6-8-14(9-7-13)24-12-10-16(21)23-2;/h6-9,15H,3-5,10-12,19H2,1-2H3,(H,20,22);1H. The van der Waals surface area contributed by atoms with Crippen molar-refractivity contribution in [2.75, 3.05) is 19.0 Å². The molecule has 0 aliphatic heterocycles. The molecule has 7 heteroatoms. The van der Waals surface area contributed by atoms with Gasteiger partial charge in [-0.25, -0.2) is 0 Å². The molecule has 1 saturated carbocycles. The first kappa shape index (κ1) is 21.3. The Kier molecular flexibility index (Phi) is 8.19. The smallest absolute Gasteiger partial charge is 0.308 e. The molecule has 1 aliphatic carbocycles. The fraction of sp³-hybridized carbons (Fsp3) is 0.556. The molecule has 1 aliphatic rings. The number of methoxy groups -OCH3 is 1. The van der Waals surface area contributed by atoms with Crippen LogP contribution in [0.4, 0.5) is 5.69 Å². The first-order chi connectivity index (χ1) is 11.4. The van der Waals surface area contributed by atoms with Crippen LogP contribution in [0.5, 0.6) is 5.75 Å². The molecule has 2 atom stereocenters. The second-order valence-electron chi connectivity index (χ2n) is 6.49. The number of ether oxygens (including phenoxy) is 2. The maximum Gasteiger partial charge on any atom is 0.308 e. The van der Waals surface area contributed by atoms with E-state index in [0.29, 0.717) is 11.4 Å². The summed E-state index contributed by atoms with van der Waals surface area (Å²) in [6.45, 7) is 2.21. The molecule has 25 heavy (non-hydrogen) atoms. The number of rotatable bonds is 6. The van der Waals surface area contributed by atoms with Crippen molar-refractivity contribution in [2.24, 2.45) is 11.7 Å². The van der Waals surface area contributed by atoms with Gasteiger partial charge < -0.3 is 20.5 Å². The van der Waals surface area contributed by atoms with Crippen LogP contribution in [-0.4, -0.2) is 31.1 Å². The molecule has 2 unspecified atom stereocenters. The van der Waals surface area contributed by atoms with Crippen molar-refractivity contribution in [3.8, 4) is 5.75 Å². The predicted molar refractivity (Wildman–Crippen MR) is 99.0 cm³/mol. The molecule has 0 heterocycles. The van der Waals surface area contributed by atoms with Crippen molar-refractivity contribution in [3.05, 3.63) is 24.3 Å². The number of nitrogens with one attached hydrogen (secondary N) is 1. The zero-order valence-corrected chi connectivity index (χ0v) is 15.6. The molecular formula is C18H27ClN2O4. The molecule has 0 saturated heterocycles. The van der Waals surface area contributed by atoms with Crippen molar-refractivity contribution in [2.45, 2.75) is 44.6 Å². The van der Waals surface area contributed by atoms with E-state index >= 15 is 0 Å². The van der Waals surface area contributed by atoms with Gasteiger partial charge in [-0.15, -0.1) is 12.4 Å². The van der Waals surface area contributed by atoms with Crippen LogP contribution in [0.1, 0.15) is 39.0 Å². The lowest BCUT2D eigenvalue weighted by Crippen LogP contribution is -2.51. The maximum atomic E-state index is 12.5. The van der Waals surface area contributed by atoms with Crippen LogP contribution >= 0.6 is 12.4 Å². The van der Waals surface area contributed by atoms with Crippen LogP contribution < -0.4 is 15.8 Å². The molecule has 3 N–H and O–H groups in total. The third-order valence-corrected chi connectivity index (χ3v) is 4.50. The monoisotopic (exact) mass is 370 g/mol. The second kappa shape index (κ2) is 9.63. The van der Waals surface area contributed by atoms with E-state index in [4.69, 9.17) is 10.5 Å². The molecule has 2 rings (SSSR count). The van der Waals surface area contributed by atoms with E-state index in [-0.39, 0.29) is 43.2 Å². The van der Waals surface area contributed by atoms with Crippen LogP contribution in [-0.2, 0) is 14.3 Å². The largest absolute Gasteiger partial charge is 0.493 e. The third kappa shape index (κ3) is 6.21. The Hall–Kier alpha value is -1.79. The SMILES string of the molecule is COC(=O)CCOc1ccc(NC(=O)C2CCCCC2(C)N)cc1.Cl. The summed E-state index contributed by atoms with van der Waals surface area (Å²) in [6, 6.07) is 7.08. The number of esters is 1. The summed E-state index contributed by atoms with van der Waals surface area (Å²) in [6.07, 6.45) is 4.02. The van der Waals surface area contributed by atoms with Gasteiger partial charge in [0.05, 0.1) is 26.1 Å². The number of carbonyl (C=O) groups is 2. The normalized spacial score (nSPS) is 22.4. The molecule has 1 amide bonds. The number of carbonyl (C=O) groups excluding carboxylic acids is 2. The van der Waals surface area contributed by atoms with Crippen molar-refractivity contribution in [1.82, 2.24) is 0 Å². The van der Waals surface area contributed by atoms with Crippen LogP contribution in [0, 0.1) is 5.92 Å². The quantitative estimate of drug-likeness (QED) is 0.751. The fourth-order valence-corrected chi connectivity index (χ4v) is 3.01. The van der Waals surface area contributed by atoms with E-state index in [2.05, 4.69) is 10.1 Å². The van der Waals surface area contributed by atoms with Gasteiger partial charge in [-0.3, -0.25) is 9.59 Å². The Labute approximate surface area is 154 Å². The van der Waals surface area contributed by atoms with Crippen LogP contribution in [0.3, 0.4) is 0 Å². The Balaban J connectivity index is 0.00000312. The molecule has 0 bridgehead atoms. The molecule has 0 spiro atoms. The van der Waals surface area contributed by atoms with Gasteiger partial charge in [0.25, 0.3) is 0 Å². The van der Waals surface area contributed by atoms with Gasteiger partial charge in [0.1, 0.15) is 5.75 Å². The van der Waals surface area contributed by atoms with Gasteiger partial charge in [0.2, 0.25) is 5.91 Å². The molecule has 1 aromatic carbocycles. The number of nitrogens with two attached hydrogens (primary N) is 1. The Morgan fingerprint density at radius 2 is 1.96 bits per heavy atom. The fourth-order valence-electron chi connectivity index (χ4n) is 3.01. The molecule has 1 fully saturated rings. The van der Waals surface area contributed by atoms with Crippen molar-refractivity contribution in [3.63, 3.8) is 0 Å². The molecule has 0 aromatic heterocycles. The van der Waals surface area contributed by atoms with E-state index in [9.17, 15) is 9.59 Å². The van der Waals surface area contributed by atoms with Crippen LogP contribution in [0.25, 0.3) is 0 Å². The lowest BCUT2D eigenvalue weighted by atomic mass is 9.74. The Morgan fingerprint density at radius 1 is 1.28 bits per heavy atom. The lowest BCUT2D eigenvalue weighted by Gasteiger charge is -2.37. The molecular weight excluding hydrogens is 344 g/mol. The minimum Gasteiger partial charge on any atom is -0.493 e.